The van der Waals surface area contributed by atoms with Gasteiger partial charge in [0.1, 0.15) is 54.9 Å². The molecule has 0 saturated carbocycles. The Morgan fingerprint density at radius 1 is 0.833 bits per heavy atom. The molecule has 4 aromatic heterocycles. The van der Waals surface area contributed by atoms with E-state index in [9.17, 15) is 19.3 Å². The van der Waals surface area contributed by atoms with Crippen LogP contribution in [0.5, 0.6) is 0 Å². The largest absolute Gasteiger partial charge is 0.582 e. The number of thiol groups is 2. The number of ether oxygens (including phenoxy) is 2. The minimum absolute atomic E-state index is 0.276. The van der Waals surface area contributed by atoms with E-state index in [0.717, 1.165) is 0 Å². The second-order valence-corrected chi connectivity index (χ2v) is 13.9. The Balaban J connectivity index is 1.07. The molecule has 10 atom stereocenters. The zero-order valence-corrected chi connectivity index (χ0v) is 28.2. The SMILES string of the molecule is O=[P+](S)O[C@H]1[C@@H](F)[C@H](n2cnc3c(CC/C=C/CNc4ncnc5c4ncn5[C@@H]4O[C@H](CO)[C@@H](O[P+](=O)S)[C@H]4F)ncnc32)O[C@@H]1CO. The lowest BCUT2D eigenvalue weighted by Crippen LogP contribution is -2.31. The van der Waals surface area contributed by atoms with Crippen molar-refractivity contribution in [2.24, 2.45) is 0 Å². The van der Waals surface area contributed by atoms with Gasteiger partial charge in [-0.15, -0.1) is 9.05 Å². The van der Waals surface area contributed by atoms with Crippen LogP contribution in [0.3, 0.4) is 0 Å². The summed E-state index contributed by atoms with van der Waals surface area (Å²) < 4.78 is 77.5. The number of nitrogens with one attached hydrogen (secondary N) is 1. The molecule has 0 bridgehead atoms. The molecule has 0 radical (unpaired) electrons. The molecule has 3 N–H and O–H groups in total. The van der Waals surface area contributed by atoms with Crippen LogP contribution < -0.4 is 5.32 Å². The number of aliphatic hydroxyl groups excluding tert-OH is 2. The highest BCUT2D eigenvalue weighted by Gasteiger charge is 2.52. The van der Waals surface area contributed by atoms with Crippen molar-refractivity contribution in [3.05, 3.63) is 43.2 Å². The number of alkyl halides is 2. The quantitative estimate of drug-likeness (QED) is 0.0713. The topological polar surface area (TPSA) is 211 Å². The van der Waals surface area contributed by atoms with Crippen molar-refractivity contribution in [2.75, 3.05) is 25.1 Å². The lowest BCUT2D eigenvalue weighted by atomic mass is 10.1. The van der Waals surface area contributed by atoms with Crippen molar-refractivity contribution >= 4 is 67.1 Å². The number of hydrogen-bond acceptors (Lipinski definition) is 15. The van der Waals surface area contributed by atoms with Gasteiger partial charge in [0.2, 0.25) is 0 Å². The number of aromatic nitrogens is 8. The summed E-state index contributed by atoms with van der Waals surface area (Å²) in [6.07, 6.45) is -0.498. The lowest BCUT2D eigenvalue weighted by Gasteiger charge is -2.15. The maximum atomic E-state index is 15.2. The Hall–Kier alpha value is -2.84. The van der Waals surface area contributed by atoms with Gasteiger partial charge in [-0.1, -0.05) is 12.2 Å². The second kappa shape index (κ2) is 15.4. The van der Waals surface area contributed by atoms with Gasteiger partial charge in [-0.2, -0.15) is 0 Å². The van der Waals surface area contributed by atoms with Gasteiger partial charge in [0, 0.05) is 6.54 Å². The summed E-state index contributed by atoms with van der Waals surface area (Å²) in [5.41, 5.74) is 2.03. The van der Waals surface area contributed by atoms with Gasteiger partial charge in [0.15, 0.2) is 59.6 Å². The van der Waals surface area contributed by atoms with E-state index < -0.39 is 76.9 Å². The summed E-state index contributed by atoms with van der Waals surface area (Å²) >= 11 is 7.36. The Morgan fingerprint density at radius 2 is 1.38 bits per heavy atom. The van der Waals surface area contributed by atoms with Crippen molar-refractivity contribution in [2.45, 2.75) is 62.1 Å². The number of rotatable bonds is 14. The molecule has 6 heterocycles. The molecule has 2 unspecified atom stereocenters. The fourth-order valence-corrected chi connectivity index (χ4v) is 7.18. The Kier molecular flexibility index (Phi) is 11.2. The van der Waals surface area contributed by atoms with Crippen LogP contribution >= 0.6 is 39.0 Å². The molecule has 4 aromatic rings. The first-order valence-corrected chi connectivity index (χ1v) is 19.1. The fourth-order valence-electron chi connectivity index (χ4n) is 5.60. The number of fused-ring (bicyclic) bond motifs is 2. The van der Waals surface area contributed by atoms with Gasteiger partial charge in [-0.25, -0.2) is 38.7 Å². The van der Waals surface area contributed by atoms with Crippen LogP contribution in [0, 0.1) is 0 Å². The van der Waals surface area contributed by atoms with E-state index in [-0.39, 0.29) is 5.65 Å². The van der Waals surface area contributed by atoms with E-state index in [0.29, 0.717) is 47.6 Å². The summed E-state index contributed by atoms with van der Waals surface area (Å²) in [5, 5.41) is 22.3. The summed E-state index contributed by atoms with van der Waals surface area (Å²) in [7, 11) is -4.85. The van der Waals surface area contributed by atoms with Crippen LogP contribution in [0.1, 0.15) is 24.6 Å². The number of hydrogen-bond donors (Lipinski definition) is 5. The van der Waals surface area contributed by atoms with Crippen molar-refractivity contribution in [1.82, 2.24) is 39.0 Å². The molecule has 0 aromatic carbocycles. The molecular formula is C25H29F2N9O8P2S2+2. The van der Waals surface area contributed by atoms with E-state index in [1.165, 1.54) is 34.4 Å². The Morgan fingerprint density at radius 3 is 1.94 bits per heavy atom. The third-order valence-corrected chi connectivity index (χ3v) is 9.17. The third-order valence-electron chi connectivity index (χ3n) is 7.76. The van der Waals surface area contributed by atoms with E-state index >= 15 is 8.78 Å². The van der Waals surface area contributed by atoms with Crippen LogP contribution in [-0.4, -0.2) is 106 Å². The number of nitrogens with zero attached hydrogens (tertiary/aromatic N) is 8. The van der Waals surface area contributed by atoms with Gasteiger partial charge in [-0.05, 0) is 22.0 Å². The highest BCUT2D eigenvalue weighted by atomic mass is 32.7. The van der Waals surface area contributed by atoms with E-state index in [1.807, 2.05) is 12.2 Å². The zero-order valence-electron chi connectivity index (χ0n) is 24.6. The first-order chi connectivity index (χ1) is 23.2. The van der Waals surface area contributed by atoms with Crippen LogP contribution in [-0.2, 0) is 34.1 Å². The maximum absolute atomic E-state index is 15.2. The molecule has 256 valence electrons. The first kappa shape index (κ1) is 35.0. The predicted octanol–water partition coefficient (Wildman–Crippen LogP) is 2.97. The molecular weight excluding hydrogens is 718 g/mol. The monoisotopic (exact) mass is 747 g/mol. The van der Waals surface area contributed by atoms with Gasteiger partial charge in [0.25, 0.3) is 0 Å². The number of halogens is 2. The maximum Gasteiger partial charge on any atom is 0.582 e. The van der Waals surface area contributed by atoms with Crippen LogP contribution in [0.2, 0.25) is 0 Å². The molecule has 0 spiro atoms. The smallest absolute Gasteiger partial charge is 0.394 e. The molecule has 2 aliphatic heterocycles. The number of anilines is 1. The molecule has 23 heteroatoms. The standard InChI is InChI=1S/C25H27F2N9O8P2S2/c26-15-19(43-45(39)47)13(6-37)41-24(15)35-10-33-17-12(29-8-31-22(17)35)4-2-1-3-5-28-21-18-23(32-9-30-21)36(11-34-18)25-16(27)20(44-46(40)48)14(7-38)42-25/h1,3,8-11,13-16,19-20,24-25,37-38H,2,4-7H2,(H-2,28,30,32,39,40,47,48)/p+2/b3-1+/t13-,14-,15-,16-,19-,20-,24-,25-/m1/s1. The summed E-state index contributed by atoms with van der Waals surface area (Å²) in [6.45, 7) is -0.735. The molecule has 2 aliphatic rings. The van der Waals surface area contributed by atoms with Gasteiger partial charge >= 0.3 is 14.5 Å². The number of aryl methyl sites for hydroxylation is 1. The van der Waals surface area contributed by atoms with E-state index in [2.05, 4.69) is 59.7 Å². The normalized spacial score (nSPS) is 28.2. The van der Waals surface area contributed by atoms with E-state index in [1.54, 1.807) is 0 Å². The first-order valence-electron chi connectivity index (χ1n) is 14.4. The molecule has 48 heavy (non-hydrogen) atoms. The molecule has 0 aliphatic carbocycles. The van der Waals surface area contributed by atoms with Crippen LogP contribution in [0.25, 0.3) is 22.3 Å². The van der Waals surface area contributed by atoms with Crippen molar-refractivity contribution in [3.8, 4) is 0 Å². The fraction of sp³-hybridized carbons (Fsp3) is 0.520. The van der Waals surface area contributed by atoms with Gasteiger partial charge in [-0.3, -0.25) is 9.13 Å². The zero-order chi connectivity index (χ0) is 33.9. The van der Waals surface area contributed by atoms with Crippen LogP contribution in [0.4, 0.5) is 14.6 Å². The second-order valence-electron chi connectivity index (χ2n) is 10.6. The molecule has 6 rings (SSSR count). The molecule has 2 saturated heterocycles. The summed E-state index contributed by atoms with van der Waals surface area (Å²) in [4.78, 5) is 25.7. The molecule has 0 amide bonds. The summed E-state index contributed by atoms with van der Waals surface area (Å²) in [6, 6.07) is 0. The highest BCUT2D eigenvalue weighted by Crippen LogP contribution is 2.42. The van der Waals surface area contributed by atoms with Crippen LogP contribution in [0.15, 0.2) is 37.5 Å². The number of aliphatic hydroxyl groups is 2. The predicted molar refractivity (Wildman–Crippen MR) is 171 cm³/mol. The minimum Gasteiger partial charge on any atom is -0.394 e. The molecule has 17 nitrogen and oxygen atoms in total. The average Bonchev–Trinajstić information content (AvgIpc) is 3.83. The molecule has 2 fully saturated rings. The Labute approximate surface area is 282 Å². The van der Waals surface area contributed by atoms with Crippen molar-refractivity contribution in [3.63, 3.8) is 0 Å². The van der Waals surface area contributed by atoms with Gasteiger partial charge in [0.05, 0.1) is 31.6 Å². The third kappa shape index (κ3) is 7.07. The van der Waals surface area contributed by atoms with Gasteiger partial charge < -0.3 is 25.0 Å². The van der Waals surface area contributed by atoms with E-state index in [4.69, 9.17) is 18.5 Å². The minimum atomic E-state index is -2.43. The average molecular weight is 748 g/mol. The Bertz CT molecular complexity index is 1700. The van der Waals surface area contributed by atoms with Crippen molar-refractivity contribution < 1.29 is 46.6 Å². The summed E-state index contributed by atoms with van der Waals surface area (Å²) in [5.74, 6) is 0.391. The number of allylic oxidation sites excluding steroid dienone is 1. The van der Waals surface area contributed by atoms with Crippen molar-refractivity contribution in [1.29, 1.82) is 0 Å². The highest BCUT2D eigenvalue weighted by molar-refractivity contribution is 8.39. The lowest BCUT2D eigenvalue weighted by molar-refractivity contribution is -0.0427. The number of imidazole rings is 2.